The van der Waals surface area contributed by atoms with Crippen LogP contribution in [0.5, 0.6) is 11.5 Å². The van der Waals surface area contributed by atoms with Gasteiger partial charge in [-0.15, -0.1) is 0 Å². The third-order valence-electron chi connectivity index (χ3n) is 10.1. The summed E-state index contributed by atoms with van der Waals surface area (Å²) in [5, 5.41) is 28.6. The Balaban J connectivity index is 1.30. The molecular formula is C42H22Cl4N4O3. The second-order valence-electron chi connectivity index (χ2n) is 12.8. The van der Waals surface area contributed by atoms with E-state index in [9.17, 15) is 15.3 Å². The van der Waals surface area contributed by atoms with Crippen molar-refractivity contribution in [3.05, 3.63) is 174 Å². The zero-order chi connectivity index (χ0) is 36.6. The van der Waals surface area contributed by atoms with Gasteiger partial charge in [0, 0.05) is 66.8 Å². The fourth-order valence-corrected chi connectivity index (χ4v) is 8.56. The Hall–Kier alpha value is -5.67. The lowest BCUT2D eigenvalue weighted by atomic mass is 9.76. The Morgan fingerprint density at radius 3 is 2.13 bits per heavy atom. The number of esters is 1. The smallest absolute Gasteiger partial charge is 0.340 e. The Morgan fingerprint density at radius 1 is 0.736 bits per heavy atom. The van der Waals surface area contributed by atoms with E-state index < -0.39 is 11.6 Å². The Bertz CT molecular complexity index is 2640. The molecule has 4 heterocycles. The number of anilines is 1. The minimum atomic E-state index is -1.63. The molecule has 3 atom stereocenters. The maximum Gasteiger partial charge on any atom is 0.340 e. The Kier molecular flexibility index (Phi) is 7.82. The second-order valence-corrected chi connectivity index (χ2v) is 14.5. The highest BCUT2D eigenvalue weighted by Crippen LogP contribution is 2.59. The van der Waals surface area contributed by atoms with Crippen molar-refractivity contribution in [2.45, 2.75) is 11.6 Å². The molecular weight excluding hydrogens is 750 g/mol. The molecule has 0 aromatic heterocycles. The maximum absolute atomic E-state index is 13.7. The van der Waals surface area contributed by atoms with Gasteiger partial charge in [0.15, 0.2) is 5.60 Å². The SMILES string of the molecule is N#C/C(=C1/C=CNc2ccccc21)c1cc2c(cc1Cl)C1(OC(=O)c3cc(Cl)c(Cl)cc31)c1cc(Cl)c(/C(C#N)=C3\C=CNC4C=CC=CC34)cc1O2. The summed E-state index contributed by atoms with van der Waals surface area (Å²) in [6, 6.07) is 22.1. The number of hydrogen-bond donors (Lipinski definition) is 2. The van der Waals surface area contributed by atoms with Gasteiger partial charge in [-0.2, -0.15) is 10.5 Å². The van der Waals surface area contributed by atoms with E-state index in [1.165, 1.54) is 6.07 Å². The topological polar surface area (TPSA) is 107 Å². The van der Waals surface area contributed by atoms with Gasteiger partial charge in [-0.3, -0.25) is 0 Å². The molecule has 1 aliphatic carbocycles. The number of hydrogen-bond acceptors (Lipinski definition) is 7. The van der Waals surface area contributed by atoms with Gasteiger partial charge < -0.3 is 20.1 Å². The molecule has 5 aliphatic rings. The molecule has 256 valence electrons. The van der Waals surface area contributed by atoms with E-state index in [2.05, 4.69) is 22.8 Å². The molecule has 0 amide bonds. The zero-order valence-corrected chi connectivity index (χ0v) is 30.2. The number of ether oxygens (including phenoxy) is 2. The highest BCUT2D eigenvalue weighted by Gasteiger charge is 2.54. The molecule has 4 aromatic rings. The summed E-state index contributed by atoms with van der Waals surface area (Å²) < 4.78 is 13.1. The van der Waals surface area contributed by atoms with Crippen molar-refractivity contribution in [2.24, 2.45) is 5.92 Å². The quantitative estimate of drug-likeness (QED) is 0.154. The molecule has 0 saturated heterocycles. The van der Waals surface area contributed by atoms with Gasteiger partial charge in [0.1, 0.15) is 23.6 Å². The molecule has 0 fully saturated rings. The number of halogens is 4. The van der Waals surface area contributed by atoms with Crippen molar-refractivity contribution < 1.29 is 14.3 Å². The van der Waals surface area contributed by atoms with Crippen LogP contribution in [0.3, 0.4) is 0 Å². The van der Waals surface area contributed by atoms with Gasteiger partial charge in [-0.25, -0.2) is 4.79 Å². The van der Waals surface area contributed by atoms with Crippen LogP contribution in [0.1, 0.15) is 43.7 Å². The number of carbonyl (C=O) groups excluding carboxylic acids is 1. The van der Waals surface area contributed by atoms with Crippen molar-refractivity contribution in [1.82, 2.24) is 5.32 Å². The normalized spacial score (nSPS) is 22.8. The number of carbonyl (C=O) groups is 1. The monoisotopic (exact) mass is 770 g/mol. The standard InChI is InChI=1S/C42H22Cl4N4O3/c43-33-17-31-39(14-25(33)28(19-47)21-9-11-49-37-7-3-1-5-23(21)37)52-40-15-26(29(20-48)22-10-12-50-38-8-4-2-6-24(22)38)34(44)18-32(40)42(31)30-16-36(46)35(45)13-27(30)41(51)53-42/h1-18,23,37,49-50H/b28-21+,29-22+. The summed E-state index contributed by atoms with van der Waals surface area (Å²) in [5.41, 5.74) is 4.35. The molecule has 0 radical (unpaired) electrons. The third-order valence-corrected chi connectivity index (χ3v) is 11.4. The van der Waals surface area contributed by atoms with E-state index >= 15 is 0 Å². The van der Waals surface area contributed by atoms with Crippen LogP contribution in [0.4, 0.5) is 5.69 Å². The maximum atomic E-state index is 13.7. The van der Waals surface area contributed by atoms with Gasteiger partial charge >= 0.3 is 5.97 Å². The average Bonchev–Trinajstić information content (AvgIpc) is 3.44. The fourth-order valence-electron chi connectivity index (χ4n) is 7.71. The Labute approximate surface area is 323 Å². The predicted octanol–water partition coefficient (Wildman–Crippen LogP) is 10.7. The van der Waals surface area contributed by atoms with Gasteiger partial charge in [0.2, 0.25) is 0 Å². The van der Waals surface area contributed by atoms with Crippen molar-refractivity contribution in [3.8, 4) is 23.6 Å². The fraction of sp³-hybridized carbons (Fsp3) is 0.0714. The minimum Gasteiger partial charge on any atom is -0.456 e. The van der Waals surface area contributed by atoms with Crippen LogP contribution >= 0.6 is 46.4 Å². The highest BCUT2D eigenvalue weighted by atomic mass is 35.5. The lowest BCUT2D eigenvalue weighted by Crippen LogP contribution is -2.35. The second kappa shape index (κ2) is 12.5. The molecule has 2 N–H and O–H groups in total. The number of nitrogens with one attached hydrogen (secondary N) is 2. The van der Waals surface area contributed by atoms with Crippen molar-refractivity contribution in [1.29, 1.82) is 10.5 Å². The summed E-state index contributed by atoms with van der Waals surface area (Å²) in [7, 11) is 0. The number of nitrogens with zero attached hydrogens (tertiary/aromatic N) is 2. The zero-order valence-electron chi connectivity index (χ0n) is 27.2. The van der Waals surface area contributed by atoms with E-state index in [1.807, 2.05) is 66.9 Å². The molecule has 4 aliphatic heterocycles. The number of nitriles is 2. The van der Waals surface area contributed by atoms with Crippen LogP contribution < -0.4 is 15.4 Å². The van der Waals surface area contributed by atoms with Crippen molar-refractivity contribution in [2.75, 3.05) is 5.32 Å². The largest absolute Gasteiger partial charge is 0.456 e. The summed E-state index contributed by atoms with van der Waals surface area (Å²) in [6.07, 6.45) is 15.3. The van der Waals surface area contributed by atoms with Gasteiger partial charge in [0.05, 0.1) is 32.8 Å². The molecule has 3 unspecified atom stereocenters. The van der Waals surface area contributed by atoms with Crippen LogP contribution in [-0.2, 0) is 10.3 Å². The van der Waals surface area contributed by atoms with Crippen LogP contribution in [0.25, 0.3) is 16.7 Å². The first-order valence-corrected chi connectivity index (χ1v) is 17.9. The summed E-state index contributed by atoms with van der Waals surface area (Å²) in [4.78, 5) is 13.7. The molecule has 0 bridgehead atoms. The van der Waals surface area contributed by atoms with Gasteiger partial charge in [-0.1, -0.05) is 88.9 Å². The lowest BCUT2D eigenvalue weighted by molar-refractivity contribution is 0.0224. The van der Waals surface area contributed by atoms with E-state index in [4.69, 9.17) is 55.9 Å². The van der Waals surface area contributed by atoms with E-state index in [0.29, 0.717) is 44.5 Å². The van der Waals surface area contributed by atoms with Crippen LogP contribution in [0.15, 0.2) is 115 Å². The van der Waals surface area contributed by atoms with Crippen molar-refractivity contribution in [3.63, 3.8) is 0 Å². The first-order chi connectivity index (χ1) is 25.7. The number of allylic oxidation sites excluding steroid dienone is 7. The van der Waals surface area contributed by atoms with E-state index in [0.717, 1.165) is 16.8 Å². The molecule has 0 saturated carbocycles. The summed E-state index contributed by atoms with van der Waals surface area (Å²) in [6.45, 7) is 0. The van der Waals surface area contributed by atoms with Crippen LogP contribution in [-0.4, -0.2) is 12.0 Å². The van der Waals surface area contributed by atoms with Crippen LogP contribution in [0.2, 0.25) is 20.1 Å². The molecule has 53 heavy (non-hydrogen) atoms. The molecule has 11 heteroatoms. The summed E-state index contributed by atoms with van der Waals surface area (Å²) in [5.74, 6) is -0.218. The van der Waals surface area contributed by atoms with E-state index in [1.54, 1.807) is 36.5 Å². The third kappa shape index (κ3) is 4.97. The molecule has 9 rings (SSSR count). The number of fused-ring (bicyclic) bond motifs is 8. The Morgan fingerprint density at radius 2 is 1.40 bits per heavy atom. The van der Waals surface area contributed by atoms with Crippen molar-refractivity contribution >= 4 is 74.8 Å². The average molecular weight is 772 g/mol. The highest BCUT2D eigenvalue weighted by molar-refractivity contribution is 6.42. The number of benzene rings is 4. The lowest BCUT2D eigenvalue weighted by Gasteiger charge is -2.37. The molecule has 1 spiro atoms. The van der Waals surface area contributed by atoms with Gasteiger partial charge in [0.25, 0.3) is 0 Å². The predicted molar refractivity (Wildman–Crippen MR) is 207 cm³/mol. The number of rotatable bonds is 2. The molecule has 4 aromatic carbocycles. The summed E-state index contributed by atoms with van der Waals surface area (Å²) >= 11 is 27.2. The van der Waals surface area contributed by atoms with E-state index in [-0.39, 0.29) is 49.1 Å². The first kappa shape index (κ1) is 33.2. The van der Waals surface area contributed by atoms with Gasteiger partial charge in [-0.05, 0) is 66.4 Å². The molecule has 7 nitrogen and oxygen atoms in total. The van der Waals surface area contributed by atoms with Crippen LogP contribution in [0, 0.1) is 28.6 Å². The number of para-hydroxylation sites is 1. The minimum absolute atomic E-state index is 0.0366. The first-order valence-electron chi connectivity index (χ1n) is 16.4.